The SMILES string of the molecule is CN(Cc1ccc(CNC(=O)c2cccc(Br)c2)cc1)C1CCCCC1. The number of rotatable bonds is 6. The van der Waals surface area contributed by atoms with Crippen LogP contribution in [-0.2, 0) is 13.1 Å². The monoisotopic (exact) mass is 414 g/mol. The molecular weight excluding hydrogens is 388 g/mol. The second-order valence-electron chi connectivity index (χ2n) is 7.22. The Morgan fingerprint density at radius 1 is 1.08 bits per heavy atom. The van der Waals surface area contributed by atoms with Crippen molar-refractivity contribution in [1.29, 1.82) is 0 Å². The zero-order valence-corrected chi connectivity index (χ0v) is 17.0. The minimum absolute atomic E-state index is 0.0487. The molecule has 0 radical (unpaired) electrons. The number of hydrogen-bond donors (Lipinski definition) is 1. The van der Waals surface area contributed by atoms with Gasteiger partial charge in [-0.3, -0.25) is 9.69 Å². The highest BCUT2D eigenvalue weighted by atomic mass is 79.9. The van der Waals surface area contributed by atoms with Gasteiger partial charge in [0.15, 0.2) is 0 Å². The molecule has 0 atom stereocenters. The lowest BCUT2D eigenvalue weighted by molar-refractivity contribution is 0.0951. The zero-order chi connectivity index (χ0) is 18.4. The first-order valence-electron chi connectivity index (χ1n) is 9.43. The number of carbonyl (C=O) groups is 1. The summed E-state index contributed by atoms with van der Waals surface area (Å²) in [6.45, 7) is 1.54. The fraction of sp³-hybridized carbons (Fsp3) is 0.409. The highest BCUT2D eigenvalue weighted by Crippen LogP contribution is 2.23. The first-order valence-corrected chi connectivity index (χ1v) is 10.2. The molecule has 4 heteroatoms. The second kappa shape index (κ2) is 9.33. The standard InChI is InChI=1S/C22H27BrN2O/c1-25(21-8-3-2-4-9-21)16-18-12-10-17(11-13-18)15-24-22(26)19-6-5-7-20(23)14-19/h5-7,10-14,21H,2-4,8-9,15-16H2,1H3,(H,24,26). The molecule has 2 aromatic carbocycles. The first kappa shape index (κ1) is 19.1. The van der Waals surface area contributed by atoms with Crippen LogP contribution in [0.15, 0.2) is 53.0 Å². The maximum absolute atomic E-state index is 12.2. The fourth-order valence-corrected chi connectivity index (χ4v) is 4.01. The van der Waals surface area contributed by atoms with Gasteiger partial charge in [-0.25, -0.2) is 0 Å². The molecule has 1 aliphatic rings. The van der Waals surface area contributed by atoms with E-state index >= 15 is 0 Å². The van der Waals surface area contributed by atoms with Crippen LogP contribution in [0.2, 0.25) is 0 Å². The molecule has 0 spiro atoms. The summed E-state index contributed by atoms with van der Waals surface area (Å²) in [5.41, 5.74) is 3.13. The van der Waals surface area contributed by atoms with Gasteiger partial charge in [-0.1, -0.05) is 65.5 Å². The van der Waals surface area contributed by atoms with Gasteiger partial charge in [0.25, 0.3) is 5.91 Å². The Kier molecular flexibility index (Phi) is 6.86. The summed E-state index contributed by atoms with van der Waals surface area (Å²) in [6.07, 6.45) is 6.79. The van der Waals surface area contributed by atoms with Crippen LogP contribution in [0.5, 0.6) is 0 Å². The first-order chi connectivity index (χ1) is 12.6. The van der Waals surface area contributed by atoms with Crippen LogP contribution in [-0.4, -0.2) is 23.9 Å². The summed E-state index contributed by atoms with van der Waals surface area (Å²) in [7, 11) is 2.24. The lowest BCUT2D eigenvalue weighted by atomic mass is 9.94. The summed E-state index contributed by atoms with van der Waals surface area (Å²) < 4.78 is 0.914. The molecule has 3 rings (SSSR count). The summed E-state index contributed by atoms with van der Waals surface area (Å²) in [5, 5.41) is 2.98. The van der Waals surface area contributed by atoms with Crippen molar-refractivity contribution in [3.8, 4) is 0 Å². The van der Waals surface area contributed by atoms with Crippen molar-refractivity contribution in [3.63, 3.8) is 0 Å². The van der Waals surface area contributed by atoms with Crippen LogP contribution >= 0.6 is 15.9 Å². The van der Waals surface area contributed by atoms with E-state index in [2.05, 4.69) is 57.5 Å². The Hall–Kier alpha value is -1.65. The Bertz CT molecular complexity index is 723. The van der Waals surface area contributed by atoms with Crippen molar-refractivity contribution >= 4 is 21.8 Å². The maximum Gasteiger partial charge on any atom is 0.251 e. The average molecular weight is 415 g/mol. The molecular formula is C22H27BrN2O. The van der Waals surface area contributed by atoms with Crippen LogP contribution in [0.25, 0.3) is 0 Å². The fourth-order valence-electron chi connectivity index (χ4n) is 3.62. The highest BCUT2D eigenvalue weighted by Gasteiger charge is 2.17. The Balaban J connectivity index is 1.50. The smallest absolute Gasteiger partial charge is 0.251 e. The molecule has 26 heavy (non-hydrogen) atoms. The van der Waals surface area contributed by atoms with E-state index < -0.39 is 0 Å². The van der Waals surface area contributed by atoms with Gasteiger partial charge in [-0.15, -0.1) is 0 Å². The van der Waals surface area contributed by atoms with Crippen LogP contribution in [0.3, 0.4) is 0 Å². The molecule has 1 amide bonds. The van der Waals surface area contributed by atoms with Crippen LogP contribution in [0.4, 0.5) is 0 Å². The number of nitrogens with zero attached hydrogens (tertiary/aromatic N) is 1. The van der Waals surface area contributed by atoms with Gasteiger partial charge in [-0.05, 0) is 49.2 Å². The van der Waals surface area contributed by atoms with Gasteiger partial charge < -0.3 is 5.32 Å². The lowest BCUT2D eigenvalue weighted by Gasteiger charge is -2.31. The third kappa shape index (κ3) is 5.42. The van der Waals surface area contributed by atoms with Crippen molar-refractivity contribution < 1.29 is 4.79 Å². The quantitative estimate of drug-likeness (QED) is 0.708. The van der Waals surface area contributed by atoms with E-state index in [1.165, 1.54) is 37.7 Å². The van der Waals surface area contributed by atoms with E-state index in [1.807, 2.05) is 24.3 Å². The van der Waals surface area contributed by atoms with Crippen molar-refractivity contribution in [2.24, 2.45) is 0 Å². The van der Waals surface area contributed by atoms with E-state index in [-0.39, 0.29) is 5.91 Å². The van der Waals surface area contributed by atoms with Gasteiger partial charge in [0, 0.05) is 29.2 Å². The van der Waals surface area contributed by atoms with Crippen molar-refractivity contribution in [1.82, 2.24) is 10.2 Å². The third-order valence-electron chi connectivity index (χ3n) is 5.19. The highest BCUT2D eigenvalue weighted by molar-refractivity contribution is 9.10. The van der Waals surface area contributed by atoms with Crippen LogP contribution < -0.4 is 5.32 Å². The molecule has 0 bridgehead atoms. The van der Waals surface area contributed by atoms with E-state index in [1.54, 1.807) is 0 Å². The van der Waals surface area contributed by atoms with Crippen molar-refractivity contribution in [3.05, 3.63) is 69.7 Å². The number of carbonyl (C=O) groups excluding carboxylic acids is 1. The molecule has 138 valence electrons. The van der Waals surface area contributed by atoms with Gasteiger partial charge in [-0.2, -0.15) is 0 Å². The van der Waals surface area contributed by atoms with Crippen LogP contribution in [0, 0.1) is 0 Å². The largest absolute Gasteiger partial charge is 0.348 e. The normalized spacial score (nSPS) is 15.2. The molecule has 0 aliphatic heterocycles. The molecule has 1 fully saturated rings. The summed E-state index contributed by atoms with van der Waals surface area (Å²) >= 11 is 3.40. The van der Waals surface area contributed by atoms with Gasteiger partial charge >= 0.3 is 0 Å². The third-order valence-corrected chi connectivity index (χ3v) is 5.69. The predicted octanol–water partition coefficient (Wildman–Crippen LogP) is 5.14. The zero-order valence-electron chi connectivity index (χ0n) is 15.4. The predicted molar refractivity (Wildman–Crippen MR) is 110 cm³/mol. The molecule has 3 nitrogen and oxygen atoms in total. The minimum atomic E-state index is -0.0487. The van der Waals surface area contributed by atoms with Gasteiger partial charge in [0.2, 0.25) is 0 Å². The number of nitrogens with one attached hydrogen (secondary N) is 1. The molecule has 0 aromatic heterocycles. The van der Waals surface area contributed by atoms with E-state index in [0.29, 0.717) is 12.1 Å². The van der Waals surface area contributed by atoms with Crippen molar-refractivity contribution in [2.75, 3.05) is 7.05 Å². The van der Waals surface area contributed by atoms with Crippen molar-refractivity contribution in [2.45, 2.75) is 51.2 Å². The Morgan fingerprint density at radius 3 is 2.46 bits per heavy atom. The number of benzene rings is 2. The van der Waals surface area contributed by atoms with Crippen LogP contribution in [0.1, 0.15) is 53.6 Å². The molecule has 0 heterocycles. The molecule has 1 saturated carbocycles. The lowest BCUT2D eigenvalue weighted by Crippen LogP contribution is -2.32. The Morgan fingerprint density at radius 2 is 1.77 bits per heavy atom. The summed E-state index contributed by atoms with van der Waals surface area (Å²) in [6, 6.07) is 16.8. The minimum Gasteiger partial charge on any atom is -0.348 e. The summed E-state index contributed by atoms with van der Waals surface area (Å²) in [5.74, 6) is -0.0487. The number of hydrogen-bond acceptors (Lipinski definition) is 2. The van der Waals surface area contributed by atoms with Gasteiger partial charge in [0.1, 0.15) is 0 Å². The van der Waals surface area contributed by atoms with Gasteiger partial charge in [0.05, 0.1) is 0 Å². The molecule has 1 N–H and O–H groups in total. The van der Waals surface area contributed by atoms with E-state index in [4.69, 9.17) is 0 Å². The van der Waals surface area contributed by atoms with E-state index in [0.717, 1.165) is 22.6 Å². The number of amides is 1. The topological polar surface area (TPSA) is 32.3 Å². The molecule has 0 saturated heterocycles. The molecule has 1 aliphatic carbocycles. The average Bonchev–Trinajstić information content (AvgIpc) is 2.68. The Labute approximate surface area is 164 Å². The second-order valence-corrected chi connectivity index (χ2v) is 8.13. The van der Waals surface area contributed by atoms with E-state index in [9.17, 15) is 4.79 Å². The maximum atomic E-state index is 12.2. The number of halogens is 1. The molecule has 0 unspecified atom stereocenters. The summed E-state index contributed by atoms with van der Waals surface area (Å²) in [4.78, 5) is 14.7. The molecule has 2 aromatic rings.